The van der Waals surface area contributed by atoms with Gasteiger partial charge in [-0.1, -0.05) is 29.8 Å². The first kappa shape index (κ1) is 16.9. The second-order valence-corrected chi connectivity index (χ2v) is 8.08. The van der Waals surface area contributed by atoms with E-state index in [-0.39, 0.29) is 11.6 Å². The summed E-state index contributed by atoms with van der Waals surface area (Å²) in [5, 5.41) is 4.06. The Bertz CT molecular complexity index is 712. The summed E-state index contributed by atoms with van der Waals surface area (Å²) in [6.07, 6.45) is 1.52. The first-order valence-corrected chi connectivity index (χ1v) is 9.16. The summed E-state index contributed by atoms with van der Waals surface area (Å²) >= 11 is 12.0. The number of allylic oxidation sites excluding steroid dienone is 1. The van der Waals surface area contributed by atoms with E-state index in [0.29, 0.717) is 40.8 Å². The number of alkyl carbamates (subject to hydrolysis) is 1. The molecule has 1 N–H and O–H groups in total. The number of hydrogen-bond donors (Lipinski definition) is 1. The van der Waals surface area contributed by atoms with Crippen LogP contribution in [0.5, 0.6) is 5.75 Å². The van der Waals surface area contributed by atoms with Gasteiger partial charge in [0.1, 0.15) is 12.4 Å². The van der Waals surface area contributed by atoms with Gasteiger partial charge in [0.15, 0.2) is 0 Å². The number of halogens is 2. The lowest BCUT2D eigenvalue weighted by molar-refractivity contribution is 0.0487. The minimum absolute atomic E-state index is 0.149. The highest BCUT2D eigenvalue weighted by Gasteiger charge is 2.52. The minimum atomic E-state index is -0.300. The molecular formula is C18H20Cl2N2O3. The zero-order valence-electron chi connectivity index (χ0n) is 13.8. The molecule has 4 rings (SSSR count). The number of nitrogens with one attached hydrogen (secondary N) is 1. The number of cyclic esters (lactones) is 1. The molecule has 1 amide bonds. The minimum Gasteiger partial charge on any atom is -0.492 e. The van der Waals surface area contributed by atoms with Crippen LogP contribution < -0.4 is 10.1 Å². The lowest BCUT2D eigenvalue weighted by Crippen LogP contribution is -2.58. The van der Waals surface area contributed by atoms with Crippen molar-refractivity contribution in [3.05, 3.63) is 40.5 Å². The molecule has 0 bridgehead atoms. The summed E-state index contributed by atoms with van der Waals surface area (Å²) in [4.78, 5) is 13.5. The van der Waals surface area contributed by atoms with E-state index in [1.54, 1.807) is 18.2 Å². The fraction of sp³-hybridized carbons (Fsp3) is 0.500. The van der Waals surface area contributed by atoms with E-state index in [4.69, 9.17) is 32.7 Å². The van der Waals surface area contributed by atoms with Gasteiger partial charge in [-0.25, -0.2) is 4.79 Å². The van der Waals surface area contributed by atoms with Crippen molar-refractivity contribution in [2.45, 2.75) is 18.4 Å². The number of ether oxygens (including phenoxy) is 2. The van der Waals surface area contributed by atoms with Crippen LogP contribution in [0.15, 0.2) is 30.5 Å². The first-order valence-electron chi connectivity index (χ1n) is 8.41. The van der Waals surface area contributed by atoms with Crippen molar-refractivity contribution < 1.29 is 14.3 Å². The zero-order valence-corrected chi connectivity index (χ0v) is 15.3. The lowest BCUT2D eigenvalue weighted by atomic mass is 9.67. The molecule has 7 heteroatoms. The molecule has 3 fully saturated rings. The number of carbonyl (C=O) groups excluding carboxylic acids is 1. The van der Waals surface area contributed by atoms with E-state index < -0.39 is 0 Å². The van der Waals surface area contributed by atoms with Crippen LogP contribution in [0.4, 0.5) is 4.79 Å². The van der Waals surface area contributed by atoms with E-state index in [9.17, 15) is 4.79 Å². The van der Waals surface area contributed by atoms with Crippen LogP contribution in [-0.2, 0) is 4.74 Å². The van der Waals surface area contributed by atoms with Gasteiger partial charge >= 0.3 is 6.09 Å². The third-order valence-electron chi connectivity index (χ3n) is 5.32. The van der Waals surface area contributed by atoms with Crippen molar-refractivity contribution in [1.82, 2.24) is 10.2 Å². The maximum absolute atomic E-state index is 11.2. The predicted octanol–water partition coefficient (Wildman–Crippen LogP) is 3.71. The molecule has 1 saturated carbocycles. The highest BCUT2D eigenvalue weighted by molar-refractivity contribution is 6.35. The van der Waals surface area contributed by atoms with Crippen molar-refractivity contribution in [2.24, 2.45) is 11.8 Å². The van der Waals surface area contributed by atoms with E-state index in [2.05, 4.69) is 16.8 Å². The largest absolute Gasteiger partial charge is 0.492 e. The smallest absolute Gasteiger partial charge is 0.407 e. The van der Waals surface area contributed by atoms with Crippen molar-refractivity contribution >= 4 is 29.3 Å². The molecular weight excluding hydrogens is 363 g/mol. The summed E-state index contributed by atoms with van der Waals surface area (Å²) in [6, 6.07) is 5.26. The predicted molar refractivity (Wildman–Crippen MR) is 96.1 cm³/mol. The van der Waals surface area contributed by atoms with Gasteiger partial charge in [-0.2, -0.15) is 0 Å². The Morgan fingerprint density at radius 2 is 2.16 bits per heavy atom. The lowest BCUT2D eigenvalue weighted by Gasteiger charge is -2.50. The van der Waals surface area contributed by atoms with E-state index in [1.165, 1.54) is 0 Å². The van der Waals surface area contributed by atoms with Gasteiger partial charge in [0.2, 0.25) is 0 Å². The maximum atomic E-state index is 11.2. The average molecular weight is 383 g/mol. The molecule has 0 unspecified atom stereocenters. The Hall–Kier alpha value is -1.59. The highest BCUT2D eigenvalue weighted by Crippen LogP contribution is 2.45. The standard InChI is InChI=1S/C18H20Cl2N2O3/c1-11(13-5-18(6-13)10-25-17(23)21-18)22-7-12(8-22)9-24-16-3-2-14(19)4-15(16)20/h2-4,12-13H,1,5-10H2,(H,21,23). The third-order valence-corrected chi connectivity index (χ3v) is 5.85. The second kappa shape index (κ2) is 6.29. The SMILES string of the molecule is C=C(C1CC2(COC(=O)N2)C1)N1CC(COc2ccc(Cl)cc2Cl)C1. The highest BCUT2D eigenvalue weighted by atomic mass is 35.5. The molecule has 1 aliphatic carbocycles. The number of nitrogens with zero attached hydrogens (tertiary/aromatic N) is 1. The van der Waals surface area contributed by atoms with Gasteiger partial charge in [0.25, 0.3) is 0 Å². The molecule has 0 aromatic heterocycles. The Kier molecular flexibility index (Phi) is 4.24. The zero-order chi connectivity index (χ0) is 17.6. The van der Waals surface area contributed by atoms with Crippen LogP contribution in [-0.4, -0.2) is 42.8 Å². The molecule has 1 spiro atoms. The summed E-state index contributed by atoms with van der Waals surface area (Å²) < 4.78 is 10.8. The van der Waals surface area contributed by atoms with Crippen LogP contribution in [0.1, 0.15) is 12.8 Å². The third kappa shape index (κ3) is 3.27. The molecule has 0 atom stereocenters. The molecule has 1 aromatic carbocycles. The van der Waals surface area contributed by atoms with Gasteiger partial charge in [-0.3, -0.25) is 0 Å². The number of likely N-dealkylation sites (tertiary alicyclic amines) is 1. The molecule has 3 aliphatic rings. The van der Waals surface area contributed by atoms with Crippen LogP contribution in [0.3, 0.4) is 0 Å². The average Bonchev–Trinajstić information content (AvgIpc) is 2.88. The Balaban J connectivity index is 1.20. The topological polar surface area (TPSA) is 50.8 Å². The molecule has 0 radical (unpaired) electrons. The van der Waals surface area contributed by atoms with E-state index >= 15 is 0 Å². The molecule has 25 heavy (non-hydrogen) atoms. The van der Waals surface area contributed by atoms with Gasteiger partial charge in [0, 0.05) is 35.6 Å². The van der Waals surface area contributed by atoms with Gasteiger partial charge in [-0.15, -0.1) is 0 Å². The Morgan fingerprint density at radius 3 is 2.80 bits per heavy atom. The van der Waals surface area contributed by atoms with Gasteiger partial charge in [0.05, 0.1) is 17.2 Å². The number of benzene rings is 1. The monoisotopic (exact) mass is 382 g/mol. The van der Waals surface area contributed by atoms with Crippen molar-refractivity contribution in [2.75, 3.05) is 26.3 Å². The van der Waals surface area contributed by atoms with Crippen LogP contribution in [0, 0.1) is 11.8 Å². The summed E-state index contributed by atoms with van der Waals surface area (Å²) in [7, 11) is 0. The van der Waals surface area contributed by atoms with E-state index in [1.807, 2.05) is 0 Å². The molecule has 1 aromatic rings. The fourth-order valence-electron chi connectivity index (χ4n) is 3.80. The number of hydrogen-bond acceptors (Lipinski definition) is 4. The molecule has 5 nitrogen and oxygen atoms in total. The molecule has 2 heterocycles. The molecule has 2 saturated heterocycles. The molecule has 134 valence electrons. The number of amides is 1. The van der Waals surface area contributed by atoms with Crippen LogP contribution in [0.2, 0.25) is 10.0 Å². The Morgan fingerprint density at radius 1 is 1.40 bits per heavy atom. The van der Waals surface area contributed by atoms with Crippen LogP contribution in [0.25, 0.3) is 0 Å². The fourth-order valence-corrected chi connectivity index (χ4v) is 4.26. The Labute approximate surface area is 156 Å². The molecule has 2 aliphatic heterocycles. The summed E-state index contributed by atoms with van der Waals surface area (Å²) in [6.45, 7) is 7.24. The summed E-state index contributed by atoms with van der Waals surface area (Å²) in [5.41, 5.74) is 1.01. The van der Waals surface area contributed by atoms with E-state index in [0.717, 1.165) is 31.6 Å². The second-order valence-electron chi connectivity index (χ2n) is 7.23. The van der Waals surface area contributed by atoms with Crippen LogP contribution >= 0.6 is 23.2 Å². The quantitative estimate of drug-likeness (QED) is 0.843. The normalized spacial score (nSPS) is 28.2. The number of carbonyl (C=O) groups is 1. The van der Waals surface area contributed by atoms with Crippen molar-refractivity contribution in [3.63, 3.8) is 0 Å². The van der Waals surface area contributed by atoms with Crippen molar-refractivity contribution in [3.8, 4) is 5.75 Å². The number of rotatable bonds is 5. The van der Waals surface area contributed by atoms with Gasteiger partial charge < -0.3 is 19.7 Å². The van der Waals surface area contributed by atoms with Crippen molar-refractivity contribution in [1.29, 1.82) is 0 Å². The van der Waals surface area contributed by atoms with Gasteiger partial charge in [-0.05, 0) is 31.0 Å². The maximum Gasteiger partial charge on any atom is 0.407 e. The first-order chi connectivity index (χ1) is 11.9. The summed E-state index contributed by atoms with van der Waals surface area (Å²) in [5.74, 6) is 1.56.